The van der Waals surface area contributed by atoms with Crippen LogP contribution in [0.15, 0.2) is 16.8 Å². The number of nitrogens with zero attached hydrogens (tertiary/aromatic N) is 5. The number of hydrogen-bond acceptors (Lipinski definition) is 8. The summed E-state index contributed by atoms with van der Waals surface area (Å²) in [6.07, 6.45) is 0. The van der Waals surface area contributed by atoms with Crippen molar-refractivity contribution < 1.29 is 9.55 Å². The number of fused-ring (bicyclic) bond motifs is 1. The number of benzene rings is 1. The summed E-state index contributed by atoms with van der Waals surface area (Å²) in [6, 6.07) is 3.04. The summed E-state index contributed by atoms with van der Waals surface area (Å²) in [6.45, 7) is 3.64. The van der Waals surface area contributed by atoms with Crippen molar-refractivity contribution >= 4 is 22.4 Å². The topological polar surface area (TPSA) is 101 Å². The number of aromatic nitrogens is 2. The van der Waals surface area contributed by atoms with Crippen LogP contribution in [-0.4, -0.2) is 58.4 Å². The van der Waals surface area contributed by atoms with E-state index in [0.717, 1.165) is 26.2 Å². The average Bonchev–Trinajstić information content (AvgIpc) is 2.91. The van der Waals surface area contributed by atoms with E-state index < -0.39 is 4.92 Å². The molecule has 1 aliphatic rings. The van der Waals surface area contributed by atoms with Gasteiger partial charge in [0.25, 0.3) is 0 Å². The predicted octanol–water partition coefficient (Wildman–Crippen LogP) is 0.705. The lowest BCUT2D eigenvalue weighted by atomic mass is 10.2. The van der Waals surface area contributed by atoms with Crippen molar-refractivity contribution in [3.8, 4) is 0 Å². The maximum absolute atomic E-state index is 10.9. The molecule has 106 valence electrons. The van der Waals surface area contributed by atoms with E-state index >= 15 is 0 Å². The predicted molar refractivity (Wildman–Crippen MR) is 71.2 cm³/mol. The second-order valence-electron chi connectivity index (χ2n) is 4.75. The van der Waals surface area contributed by atoms with Gasteiger partial charge in [-0.1, -0.05) is 0 Å². The minimum absolute atomic E-state index is 0.106. The molecule has 0 radical (unpaired) electrons. The van der Waals surface area contributed by atoms with Gasteiger partial charge >= 0.3 is 5.69 Å². The lowest BCUT2D eigenvalue weighted by Crippen LogP contribution is -2.46. The van der Waals surface area contributed by atoms with Crippen molar-refractivity contribution in [3.05, 3.63) is 22.2 Å². The molecule has 0 saturated carbocycles. The van der Waals surface area contributed by atoms with Crippen LogP contribution in [0.1, 0.15) is 0 Å². The van der Waals surface area contributed by atoms with Crippen molar-refractivity contribution in [2.24, 2.45) is 0 Å². The van der Waals surface area contributed by atoms with Crippen molar-refractivity contribution in [2.75, 3.05) is 38.7 Å². The van der Waals surface area contributed by atoms with Gasteiger partial charge in [0, 0.05) is 32.2 Å². The summed E-state index contributed by atoms with van der Waals surface area (Å²) in [4.78, 5) is 12.7. The zero-order valence-electron chi connectivity index (χ0n) is 10.9. The van der Waals surface area contributed by atoms with E-state index in [1.54, 1.807) is 6.07 Å². The standard InChI is InChI=1S/C11H14N6O3/c1-15-4-6-16(7-5-15)12-8-2-3-9(17(18)19)11-10(8)13-20-14-11/h2-3,12H,4-7H2,1H3. The van der Waals surface area contributed by atoms with Gasteiger partial charge in [-0.3, -0.25) is 10.1 Å². The van der Waals surface area contributed by atoms with Crippen LogP contribution in [-0.2, 0) is 0 Å². The largest absolute Gasteiger partial charge is 0.316 e. The first-order valence-corrected chi connectivity index (χ1v) is 6.25. The van der Waals surface area contributed by atoms with Crippen LogP contribution in [0.2, 0.25) is 0 Å². The SMILES string of the molecule is CN1CCN(Nc2ccc([N+](=O)[O-])c3nonc23)CC1. The number of hydrogen-bond donors (Lipinski definition) is 1. The Hall–Kier alpha value is -2.26. The molecule has 1 fully saturated rings. The molecule has 1 saturated heterocycles. The molecule has 20 heavy (non-hydrogen) atoms. The van der Waals surface area contributed by atoms with E-state index in [-0.39, 0.29) is 11.2 Å². The minimum atomic E-state index is -0.494. The number of nitro groups is 1. The average molecular weight is 278 g/mol. The van der Waals surface area contributed by atoms with Gasteiger partial charge in [-0.05, 0) is 23.4 Å². The number of piperazine rings is 1. The van der Waals surface area contributed by atoms with Gasteiger partial charge in [-0.15, -0.1) is 0 Å². The summed E-state index contributed by atoms with van der Waals surface area (Å²) in [5, 5.41) is 20.3. The first-order valence-electron chi connectivity index (χ1n) is 6.25. The molecule has 1 N–H and O–H groups in total. The highest BCUT2D eigenvalue weighted by Crippen LogP contribution is 2.28. The lowest BCUT2D eigenvalue weighted by Gasteiger charge is -2.32. The second kappa shape index (κ2) is 5.02. The maximum atomic E-state index is 10.9. The van der Waals surface area contributed by atoms with Crippen molar-refractivity contribution in [1.29, 1.82) is 0 Å². The molecular formula is C11H14N6O3. The van der Waals surface area contributed by atoms with Gasteiger partial charge in [0.15, 0.2) is 5.52 Å². The molecule has 2 aromatic rings. The molecule has 3 rings (SSSR count). The van der Waals surface area contributed by atoms with Crippen molar-refractivity contribution in [3.63, 3.8) is 0 Å². The number of anilines is 1. The van der Waals surface area contributed by atoms with Gasteiger partial charge in [-0.25, -0.2) is 9.64 Å². The molecule has 0 bridgehead atoms. The third-order valence-electron chi connectivity index (χ3n) is 3.37. The normalized spacial score (nSPS) is 17.4. The van der Waals surface area contributed by atoms with E-state index in [9.17, 15) is 10.1 Å². The van der Waals surface area contributed by atoms with Crippen LogP contribution >= 0.6 is 0 Å². The summed E-state index contributed by atoms with van der Waals surface area (Å²) in [5.41, 5.74) is 4.31. The number of likely N-dealkylation sites (N-methyl/N-ethyl adjacent to an activating group) is 1. The van der Waals surface area contributed by atoms with Crippen LogP contribution < -0.4 is 5.43 Å². The highest BCUT2D eigenvalue weighted by molar-refractivity contribution is 5.93. The van der Waals surface area contributed by atoms with E-state index in [2.05, 4.69) is 37.3 Å². The number of non-ortho nitro benzene ring substituents is 1. The Morgan fingerprint density at radius 2 is 1.95 bits per heavy atom. The van der Waals surface area contributed by atoms with E-state index in [4.69, 9.17) is 0 Å². The molecule has 2 heterocycles. The Morgan fingerprint density at radius 1 is 1.25 bits per heavy atom. The Kier molecular flexibility index (Phi) is 3.20. The fourth-order valence-electron chi connectivity index (χ4n) is 2.18. The van der Waals surface area contributed by atoms with Crippen LogP contribution in [0.3, 0.4) is 0 Å². The van der Waals surface area contributed by atoms with Crippen LogP contribution in [0, 0.1) is 10.1 Å². The Bertz CT molecular complexity index is 634. The van der Waals surface area contributed by atoms with Crippen LogP contribution in [0.5, 0.6) is 0 Å². The summed E-state index contributed by atoms with van der Waals surface area (Å²) in [5.74, 6) is 0. The quantitative estimate of drug-likeness (QED) is 0.647. The number of nitro benzene ring substituents is 1. The fraction of sp³-hybridized carbons (Fsp3) is 0.455. The first-order chi connectivity index (χ1) is 9.65. The summed E-state index contributed by atoms with van der Waals surface area (Å²) in [7, 11) is 2.07. The minimum Gasteiger partial charge on any atom is -0.316 e. The summed E-state index contributed by atoms with van der Waals surface area (Å²) >= 11 is 0. The highest BCUT2D eigenvalue weighted by atomic mass is 16.6. The first kappa shape index (κ1) is 12.8. The van der Waals surface area contributed by atoms with Crippen molar-refractivity contribution in [2.45, 2.75) is 0 Å². The van der Waals surface area contributed by atoms with Gasteiger partial charge in [-0.2, -0.15) is 0 Å². The fourth-order valence-corrected chi connectivity index (χ4v) is 2.18. The molecule has 1 aromatic carbocycles. The smallest absolute Gasteiger partial charge is 0.300 e. The number of nitrogens with one attached hydrogen (secondary N) is 1. The van der Waals surface area contributed by atoms with E-state index in [1.165, 1.54) is 6.07 Å². The molecular weight excluding hydrogens is 264 g/mol. The van der Waals surface area contributed by atoms with Crippen LogP contribution in [0.25, 0.3) is 11.0 Å². The number of rotatable bonds is 3. The zero-order chi connectivity index (χ0) is 14.1. The molecule has 1 aliphatic heterocycles. The lowest BCUT2D eigenvalue weighted by molar-refractivity contribution is -0.383. The highest BCUT2D eigenvalue weighted by Gasteiger charge is 2.21. The van der Waals surface area contributed by atoms with E-state index in [1.807, 2.05) is 0 Å². The zero-order valence-corrected chi connectivity index (χ0v) is 10.9. The van der Waals surface area contributed by atoms with Gasteiger partial charge < -0.3 is 10.3 Å². The molecule has 0 atom stereocenters. The Labute approximate surface area is 114 Å². The van der Waals surface area contributed by atoms with Crippen molar-refractivity contribution in [1.82, 2.24) is 20.2 Å². The molecule has 0 spiro atoms. The summed E-state index contributed by atoms with van der Waals surface area (Å²) < 4.78 is 4.63. The molecule has 9 heteroatoms. The monoisotopic (exact) mass is 278 g/mol. The van der Waals surface area contributed by atoms with E-state index in [0.29, 0.717) is 11.2 Å². The Balaban J connectivity index is 1.87. The van der Waals surface area contributed by atoms with Gasteiger partial charge in [0.2, 0.25) is 5.52 Å². The molecule has 1 aromatic heterocycles. The van der Waals surface area contributed by atoms with Crippen LogP contribution in [0.4, 0.5) is 11.4 Å². The van der Waals surface area contributed by atoms with Gasteiger partial charge in [0.05, 0.1) is 10.6 Å². The molecule has 0 aliphatic carbocycles. The molecule has 0 unspecified atom stereocenters. The maximum Gasteiger partial charge on any atom is 0.300 e. The third kappa shape index (κ3) is 2.28. The Morgan fingerprint density at radius 3 is 2.65 bits per heavy atom. The van der Waals surface area contributed by atoms with Gasteiger partial charge in [0.1, 0.15) is 0 Å². The third-order valence-corrected chi connectivity index (χ3v) is 3.37. The number of hydrazine groups is 1. The second-order valence-corrected chi connectivity index (χ2v) is 4.75. The molecule has 9 nitrogen and oxygen atoms in total. The molecule has 0 amide bonds.